The number of pyridine rings is 1. The second-order valence-electron chi connectivity index (χ2n) is 7.22. The van der Waals surface area contributed by atoms with E-state index in [0.29, 0.717) is 18.0 Å². The van der Waals surface area contributed by atoms with Gasteiger partial charge >= 0.3 is 0 Å². The summed E-state index contributed by atoms with van der Waals surface area (Å²) < 4.78 is 0. The summed E-state index contributed by atoms with van der Waals surface area (Å²) in [5.74, 6) is 0.743. The first-order valence-corrected chi connectivity index (χ1v) is 9.63. The fourth-order valence-corrected chi connectivity index (χ4v) is 3.55. The molecule has 5 nitrogen and oxygen atoms in total. The second kappa shape index (κ2) is 9.31. The molecule has 0 unspecified atom stereocenters. The molecule has 1 N–H and O–H groups in total. The van der Waals surface area contributed by atoms with Gasteiger partial charge in [0.05, 0.1) is 0 Å². The first-order valence-electron chi connectivity index (χ1n) is 9.63. The monoisotopic (exact) mass is 365 g/mol. The molecule has 0 spiro atoms. The molecule has 0 saturated carbocycles. The highest BCUT2D eigenvalue weighted by atomic mass is 16.2. The zero-order chi connectivity index (χ0) is 19.1. The molecule has 1 aromatic carbocycles. The van der Waals surface area contributed by atoms with E-state index in [0.717, 1.165) is 44.3 Å². The lowest BCUT2D eigenvalue weighted by Gasteiger charge is -2.31. The van der Waals surface area contributed by atoms with Crippen LogP contribution in [0.15, 0.2) is 48.8 Å². The average Bonchev–Trinajstić information content (AvgIpc) is 2.70. The van der Waals surface area contributed by atoms with E-state index in [1.165, 1.54) is 5.56 Å². The number of piperidine rings is 1. The van der Waals surface area contributed by atoms with E-state index in [1.807, 2.05) is 47.5 Å². The van der Waals surface area contributed by atoms with Crippen LogP contribution >= 0.6 is 0 Å². The SMILES string of the molecule is CC(=O)N1CCC(Cc2ccc(C(=O)NCCc3cccnc3)cc2)CC1. The van der Waals surface area contributed by atoms with Gasteiger partial charge < -0.3 is 10.2 Å². The summed E-state index contributed by atoms with van der Waals surface area (Å²) in [6.45, 7) is 3.96. The van der Waals surface area contributed by atoms with Crippen LogP contribution in [0.4, 0.5) is 0 Å². The highest BCUT2D eigenvalue weighted by molar-refractivity contribution is 5.94. The molecule has 0 atom stereocenters. The van der Waals surface area contributed by atoms with Crippen molar-refractivity contribution in [2.45, 2.75) is 32.6 Å². The summed E-state index contributed by atoms with van der Waals surface area (Å²) in [6, 6.07) is 11.8. The summed E-state index contributed by atoms with van der Waals surface area (Å²) >= 11 is 0. The maximum Gasteiger partial charge on any atom is 0.251 e. The zero-order valence-electron chi connectivity index (χ0n) is 15.9. The number of aromatic nitrogens is 1. The van der Waals surface area contributed by atoms with Crippen LogP contribution < -0.4 is 5.32 Å². The number of benzene rings is 1. The molecule has 1 saturated heterocycles. The van der Waals surface area contributed by atoms with Gasteiger partial charge in [-0.2, -0.15) is 0 Å². The van der Waals surface area contributed by atoms with Crippen molar-refractivity contribution in [3.8, 4) is 0 Å². The van der Waals surface area contributed by atoms with Gasteiger partial charge in [-0.05, 0) is 60.9 Å². The number of nitrogens with zero attached hydrogens (tertiary/aromatic N) is 2. The van der Waals surface area contributed by atoms with Crippen molar-refractivity contribution in [3.05, 3.63) is 65.5 Å². The van der Waals surface area contributed by atoms with Crippen LogP contribution in [-0.2, 0) is 17.6 Å². The van der Waals surface area contributed by atoms with E-state index >= 15 is 0 Å². The van der Waals surface area contributed by atoms with Crippen molar-refractivity contribution >= 4 is 11.8 Å². The van der Waals surface area contributed by atoms with E-state index < -0.39 is 0 Å². The zero-order valence-corrected chi connectivity index (χ0v) is 15.9. The van der Waals surface area contributed by atoms with Crippen LogP contribution in [-0.4, -0.2) is 41.3 Å². The van der Waals surface area contributed by atoms with Crippen molar-refractivity contribution in [3.63, 3.8) is 0 Å². The summed E-state index contributed by atoms with van der Waals surface area (Å²) in [6.07, 6.45) is 7.45. The third-order valence-corrected chi connectivity index (χ3v) is 5.22. The fraction of sp³-hybridized carbons (Fsp3) is 0.409. The minimum absolute atomic E-state index is 0.0415. The Morgan fingerprint density at radius 3 is 2.48 bits per heavy atom. The maximum absolute atomic E-state index is 12.3. The first-order chi connectivity index (χ1) is 13.1. The number of nitrogens with one attached hydrogen (secondary N) is 1. The number of hydrogen-bond acceptors (Lipinski definition) is 3. The van der Waals surface area contributed by atoms with Gasteiger partial charge in [-0.15, -0.1) is 0 Å². The van der Waals surface area contributed by atoms with Gasteiger partial charge in [0.25, 0.3) is 5.91 Å². The van der Waals surface area contributed by atoms with Gasteiger partial charge in [0.15, 0.2) is 0 Å². The molecule has 1 aromatic heterocycles. The number of rotatable bonds is 6. The molecule has 1 aliphatic rings. The predicted molar refractivity (Wildman–Crippen MR) is 105 cm³/mol. The number of carbonyl (C=O) groups is 2. The first kappa shape index (κ1) is 19.1. The molecule has 1 fully saturated rings. The van der Waals surface area contributed by atoms with Gasteiger partial charge in [-0.3, -0.25) is 14.6 Å². The van der Waals surface area contributed by atoms with Crippen molar-refractivity contribution in [1.29, 1.82) is 0 Å². The van der Waals surface area contributed by atoms with Crippen molar-refractivity contribution in [2.24, 2.45) is 5.92 Å². The molecule has 1 aliphatic heterocycles. The quantitative estimate of drug-likeness (QED) is 0.856. The van der Waals surface area contributed by atoms with Crippen LogP contribution in [0.2, 0.25) is 0 Å². The molecule has 142 valence electrons. The molecule has 0 aliphatic carbocycles. The van der Waals surface area contributed by atoms with Gasteiger partial charge in [0.2, 0.25) is 5.91 Å². The van der Waals surface area contributed by atoms with Crippen LogP contribution in [0.1, 0.15) is 41.3 Å². The molecule has 0 bridgehead atoms. The largest absolute Gasteiger partial charge is 0.352 e. The molecule has 27 heavy (non-hydrogen) atoms. The van der Waals surface area contributed by atoms with E-state index in [9.17, 15) is 9.59 Å². The van der Waals surface area contributed by atoms with E-state index in [2.05, 4.69) is 10.3 Å². The number of likely N-dealkylation sites (tertiary alicyclic amines) is 1. The van der Waals surface area contributed by atoms with Gasteiger partial charge in [-0.25, -0.2) is 0 Å². The molecule has 0 radical (unpaired) electrons. The van der Waals surface area contributed by atoms with Gasteiger partial charge in [-0.1, -0.05) is 18.2 Å². The molecular formula is C22H27N3O2. The third-order valence-electron chi connectivity index (χ3n) is 5.22. The standard InChI is InChI=1S/C22H27N3O2/c1-17(26)25-13-9-19(10-14-25)15-18-4-6-21(7-5-18)22(27)24-12-8-20-3-2-11-23-16-20/h2-7,11,16,19H,8-10,12-15H2,1H3,(H,24,27). The molecule has 2 amide bonds. The normalized spacial score (nSPS) is 14.8. The van der Waals surface area contributed by atoms with Gasteiger partial charge in [0.1, 0.15) is 0 Å². The summed E-state index contributed by atoms with van der Waals surface area (Å²) in [4.78, 5) is 29.7. The van der Waals surface area contributed by atoms with Crippen LogP contribution in [0, 0.1) is 5.92 Å². The summed E-state index contributed by atoms with van der Waals surface area (Å²) in [5, 5.41) is 2.96. The minimum Gasteiger partial charge on any atom is -0.352 e. The van der Waals surface area contributed by atoms with Crippen LogP contribution in [0.5, 0.6) is 0 Å². The molecule has 2 heterocycles. The molecule has 5 heteroatoms. The molecular weight excluding hydrogens is 338 g/mol. The number of hydrogen-bond donors (Lipinski definition) is 1. The Bertz CT molecular complexity index is 751. The Kier molecular flexibility index (Phi) is 6.58. The highest BCUT2D eigenvalue weighted by Crippen LogP contribution is 2.22. The predicted octanol–water partition coefficient (Wildman–Crippen LogP) is 2.86. The third kappa shape index (κ3) is 5.64. The Morgan fingerprint density at radius 2 is 1.85 bits per heavy atom. The van der Waals surface area contributed by atoms with E-state index in [4.69, 9.17) is 0 Å². The van der Waals surface area contributed by atoms with Crippen molar-refractivity contribution in [2.75, 3.05) is 19.6 Å². The lowest BCUT2D eigenvalue weighted by molar-refractivity contribution is -0.130. The average molecular weight is 365 g/mol. The fourth-order valence-electron chi connectivity index (χ4n) is 3.55. The second-order valence-corrected chi connectivity index (χ2v) is 7.22. The topological polar surface area (TPSA) is 62.3 Å². The van der Waals surface area contributed by atoms with Crippen molar-refractivity contribution < 1.29 is 9.59 Å². The number of carbonyl (C=O) groups excluding carboxylic acids is 2. The Hall–Kier alpha value is -2.69. The molecule has 3 rings (SSSR count). The van der Waals surface area contributed by atoms with E-state index in [1.54, 1.807) is 13.1 Å². The Morgan fingerprint density at radius 1 is 1.11 bits per heavy atom. The molecule has 2 aromatic rings. The van der Waals surface area contributed by atoms with Crippen LogP contribution in [0.25, 0.3) is 0 Å². The van der Waals surface area contributed by atoms with Crippen molar-refractivity contribution in [1.82, 2.24) is 15.2 Å². The van der Waals surface area contributed by atoms with E-state index in [-0.39, 0.29) is 11.8 Å². The Labute approximate surface area is 160 Å². The lowest BCUT2D eigenvalue weighted by Crippen LogP contribution is -2.37. The highest BCUT2D eigenvalue weighted by Gasteiger charge is 2.20. The van der Waals surface area contributed by atoms with Gasteiger partial charge in [0, 0.05) is 44.5 Å². The van der Waals surface area contributed by atoms with Crippen LogP contribution in [0.3, 0.4) is 0 Å². The Balaban J connectivity index is 1.44. The maximum atomic E-state index is 12.3. The minimum atomic E-state index is -0.0415. The summed E-state index contributed by atoms with van der Waals surface area (Å²) in [7, 11) is 0. The lowest BCUT2D eigenvalue weighted by atomic mass is 9.90. The number of amides is 2. The smallest absolute Gasteiger partial charge is 0.251 e. The summed E-state index contributed by atoms with van der Waals surface area (Å²) in [5.41, 5.74) is 3.06.